The van der Waals surface area contributed by atoms with Crippen molar-refractivity contribution in [3.63, 3.8) is 0 Å². The zero-order valence-electron chi connectivity index (χ0n) is 6.94. The SMILES string of the molecule is Ic1cnc(OC2CCOC2)nc1. The summed E-state index contributed by atoms with van der Waals surface area (Å²) in [5.74, 6) is 0. The van der Waals surface area contributed by atoms with Crippen LogP contribution in [0.2, 0.25) is 0 Å². The molecular weight excluding hydrogens is 283 g/mol. The molecule has 2 heterocycles. The van der Waals surface area contributed by atoms with Gasteiger partial charge in [-0.2, -0.15) is 0 Å². The van der Waals surface area contributed by atoms with Crippen LogP contribution in [0, 0.1) is 3.57 Å². The predicted octanol–water partition coefficient (Wildman–Crippen LogP) is 1.25. The Balaban J connectivity index is 1.97. The van der Waals surface area contributed by atoms with Gasteiger partial charge in [0.05, 0.1) is 13.2 Å². The van der Waals surface area contributed by atoms with E-state index < -0.39 is 0 Å². The molecule has 0 bridgehead atoms. The largest absolute Gasteiger partial charge is 0.458 e. The first-order valence-electron chi connectivity index (χ1n) is 4.06. The van der Waals surface area contributed by atoms with Crippen molar-refractivity contribution < 1.29 is 9.47 Å². The molecule has 0 amide bonds. The Hall–Kier alpha value is -0.430. The van der Waals surface area contributed by atoms with Gasteiger partial charge in [-0.05, 0) is 22.6 Å². The Morgan fingerprint density at radius 2 is 2.23 bits per heavy atom. The second kappa shape index (κ2) is 4.19. The van der Waals surface area contributed by atoms with Gasteiger partial charge in [0.2, 0.25) is 0 Å². The molecule has 13 heavy (non-hydrogen) atoms. The van der Waals surface area contributed by atoms with Crippen LogP contribution in [0.25, 0.3) is 0 Å². The van der Waals surface area contributed by atoms with E-state index in [2.05, 4.69) is 32.6 Å². The van der Waals surface area contributed by atoms with Crippen LogP contribution in [-0.2, 0) is 4.74 Å². The lowest BCUT2D eigenvalue weighted by atomic mass is 10.3. The minimum Gasteiger partial charge on any atom is -0.458 e. The lowest BCUT2D eigenvalue weighted by Gasteiger charge is -2.08. The van der Waals surface area contributed by atoms with E-state index in [0.29, 0.717) is 12.6 Å². The third kappa shape index (κ3) is 2.50. The molecule has 1 aromatic heterocycles. The van der Waals surface area contributed by atoms with Crippen LogP contribution in [-0.4, -0.2) is 29.3 Å². The number of rotatable bonds is 2. The molecule has 0 aliphatic carbocycles. The molecular formula is C8H9IN2O2. The van der Waals surface area contributed by atoms with Crippen molar-refractivity contribution in [2.45, 2.75) is 12.5 Å². The number of hydrogen-bond acceptors (Lipinski definition) is 4. The van der Waals surface area contributed by atoms with Gasteiger partial charge in [-0.25, -0.2) is 9.97 Å². The van der Waals surface area contributed by atoms with E-state index in [-0.39, 0.29) is 6.10 Å². The minimum atomic E-state index is 0.125. The summed E-state index contributed by atoms with van der Waals surface area (Å²) in [6, 6.07) is 0.441. The maximum atomic E-state index is 5.48. The zero-order chi connectivity index (χ0) is 9.10. The van der Waals surface area contributed by atoms with Crippen molar-refractivity contribution in [3.05, 3.63) is 16.0 Å². The van der Waals surface area contributed by atoms with Crippen molar-refractivity contribution in [2.24, 2.45) is 0 Å². The number of halogens is 1. The first kappa shape index (κ1) is 9.14. The Labute approximate surface area is 89.8 Å². The molecule has 0 N–H and O–H groups in total. The van der Waals surface area contributed by atoms with Crippen LogP contribution in [0.4, 0.5) is 0 Å². The molecule has 70 valence electrons. The fraction of sp³-hybridized carbons (Fsp3) is 0.500. The van der Waals surface area contributed by atoms with Gasteiger partial charge >= 0.3 is 6.01 Å². The average Bonchev–Trinajstić information content (AvgIpc) is 2.62. The van der Waals surface area contributed by atoms with Gasteiger partial charge in [0.25, 0.3) is 0 Å². The Kier molecular flexibility index (Phi) is 2.94. The van der Waals surface area contributed by atoms with Crippen LogP contribution in [0.3, 0.4) is 0 Å². The molecule has 0 aromatic carbocycles. The molecule has 1 aromatic rings. The highest BCUT2D eigenvalue weighted by Crippen LogP contribution is 2.12. The fourth-order valence-corrected chi connectivity index (χ4v) is 1.39. The van der Waals surface area contributed by atoms with Gasteiger partial charge in [-0.15, -0.1) is 0 Å². The standard InChI is InChI=1S/C8H9IN2O2/c9-6-3-10-8(11-4-6)13-7-1-2-12-5-7/h3-4,7H,1-2,5H2. The van der Waals surface area contributed by atoms with Gasteiger partial charge < -0.3 is 9.47 Å². The highest BCUT2D eigenvalue weighted by atomic mass is 127. The smallest absolute Gasteiger partial charge is 0.316 e. The summed E-state index contributed by atoms with van der Waals surface area (Å²) < 4.78 is 11.7. The maximum absolute atomic E-state index is 5.48. The van der Waals surface area contributed by atoms with E-state index in [1.54, 1.807) is 12.4 Å². The second-order valence-corrected chi connectivity index (χ2v) is 4.03. The van der Waals surface area contributed by atoms with Crippen LogP contribution in [0.1, 0.15) is 6.42 Å². The van der Waals surface area contributed by atoms with E-state index in [9.17, 15) is 0 Å². The van der Waals surface area contributed by atoms with Crippen LogP contribution >= 0.6 is 22.6 Å². The molecule has 5 heteroatoms. The number of hydrogen-bond donors (Lipinski definition) is 0. The lowest BCUT2D eigenvalue weighted by Crippen LogP contribution is -2.17. The van der Waals surface area contributed by atoms with Crippen molar-refractivity contribution in [1.82, 2.24) is 9.97 Å². The van der Waals surface area contributed by atoms with Gasteiger partial charge in [0, 0.05) is 22.4 Å². The zero-order valence-corrected chi connectivity index (χ0v) is 9.10. The van der Waals surface area contributed by atoms with Gasteiger partial charge in [0.15, 0.2) is 0 Å². The second-order valence-electron chi connectivity index (χ2n) is 2.79. The summed E-state index contributed by atoms with van der Waals surface area (Å²) in [5, 5.41) is 0. The molecule has 1 atom stereocenters. The van der Waals surface area contributed by atoms with Gasteiger partial charge in [0.1, 0.15) is 6.10 Å². The highest BCUT2D eigenvalue weighted by Gasteiger charge is 2.17. The third-order valence-electron chi connectivity index (χ3n) is 1.76. The quantitative estimate of drug-likeness (QED) is 0.770. The van der Waals surface area contributed by atoms with Crippen molar-refractivity contribution in [1.29, 1.82) is 0 Å². The third-order valence-corrected chi connectivity index (χ3v) is 2.31. The van der Waals surface area contributed by atoms with Crippen LogP contribution in [0.5, 0.6) is 6.01 Å². The van der Waals surface area contributed by atoms with E-state index >= 15 is 0 Å². The van der Waals surface area contributed by atoms with E-state index in [1.165, 1.54) is 0 Å². The van der Waals surface area contributed by atoms with Gasteiger partial charge in [-0.1, -0.05) is 0 Å². The molecule has 0 spiro atoms. The first-order valence-corrected chi connectivity index (χ1v) is 5.14. The van der Waals surface area contributed by atoms with Crippen molar-refractivity contribution in [3.8, 4) is 6.01 Å². The summed E-state index contributed by atoms with van der Waals surface area (Å²) in [4.78, 5) is 8.09. The molecule has 4 nitrogen and oxygen atoms in total. The van der Waals surface area contributed by atoms with Crippen molar-refractivity contribution in [2.75, 3.05) is 13.2 Å². The van der Waals surface area contributed by atoms with Crippen molar-refractivity contribution >= 4 is 22.6 Å². The van der Waals surface area contributed by atoms with E-state index in [1.807, 2.05) is 0 Å². The molecule has 0 saturated carbocycles. The molecule has 1 aliphatic heterocycles. The number of ether oxygens (including phenoxy) is 2. The molecule has 1 unspecified atom stereocenters. The Bertz CT molecular complexity index is 272. The summed E-state index contributed by atoms with van der Waals surface area (Å²) in [6.45, 7) is 1.42. The van der Waals surface area contributed by atoms with Gasteiger partial charge in [-0.3, -0.25) is 0 Å². The van der Waals surface area contributed by atoms with E-state index in [0.717, 1.165) is 16.6 Å². The first-order chi connectivity index (χ1) is 6.34. The summed E-state index contributed by atoms with van der Waals surface area (Å²) in [6.07, 6.45) is 4.52. The Morgan fingerprint density at radius 3 is 2.85 bits per heavy atom. The average molecular weight is 292 g/mol. The fourth-order valence-electron chi connectivity index (χ4n) is 1.12. The molecule has 1 aliphatic rings. The summed E-state index contributed by atoms with van der Waals surface area (Å²) in [5.41, 5.74) is 0. The molecule has 1 saturated heterocycles. The minimum absolute atomic E-state index is 0.125. The topological polar surface area (TPSA) is 44.2 Å². The molecule has 0 radical (unpaired) electrons. The van der Waals surface area contributed by atoms with Crippen LogP contribution < -0.4 is 4.74 Å². The van der Waals surface area contributed by atoms with Crippen LogP contribution in [0.15, 0.2) is 12.4 Å². The molecule has 1 fully saturated rings. The summed E-state index contributed by atoms with van der Waals surface area (Å²) in [7, 11) is 0. The monoisotopic (exact) mass is 292 g/mol. The summed E-state index contributed by atoms with van der Waals surface area (Å²) >= 11 is 2.16. The van der Waals surface area contributed by atoms with E-state index in [4.69, 9.17) is 9.47 Å². The maximum Gasteiger partial charge on any atom is 0.316 e. The normalized spacial score (nSPS) is 21.8. The highest BCUT2D eigenvalue weighted by molar-refractivity contribution is 14.1. The predicted molar refractivity (Wildman–Crippen MR) is 54.6 cm³/mol. The number of nitrogens with zero attached hydrogens (tertiary/aromatic N) is 2. The molecule has 2 rings (SSSR count). The Morgan fingerprint density at radius 1 is 1.46 bits per heavy atom. The lowest BCUT2D eigenvalue weighted by molar-refractivity contribution is 0.134. The number of aromatic nitrogens is 2.